The van der Waals surface area contributed by atoms with Gasteiger partial charge in [0.05, 0.1) is 0 Å². The van der Waals surface area contributed by atoms with Gasteiger partial charge in [-0.25, -0.2) is 0 Å². The third kappa shape index (κ3) is 2.86. The van der Waals surface area contributed by atoms with Crippen LogP contribution in [-0.2, 0) is 4.79 Å². The first-order chi connectivity index (χ1) is 6.74. The first-order valence-corrected chi connectivity index (χ1v) is 4.27. The molecule has 3 heteroatoms. The highest BCUT2D eigenvalue weighted by molar-refractivity contribution is 6.07. The Labute approximate surface area is 82.4 Å². The van der Waals surface area contributed by atoms with Crippen LogP contribution in [0.25, 0.3) is 0 Å². The number of benzene rings is 1. The van der Waals surface area contributed by atoms with Crippen molar-refractivity contribution >= 4 is 11.8 Å². The molecule has 72 valence electrons. The van der Waals surface area contributed by atoms with E-state index in [9.17, 15) is 9.59 Å². The fraction of sp³-hybridized carbons (Fsp3) is 0.0909. The van der Waals surface area contributed by atoms with Gasteiger partial charge in [0.2, 0.25) is 5.91 Å². The summed E-state index contributed by atoms with van der Waals surface area (Å²) in [5.41, 5.74) is 0.477. The van der Waals surface area contributed by atoms with Gasteiger partial charge in [-0.1, -0.05) is 24.3 Å². The molecule has 0 aromatic heterocycles. The Morgan fingerprint density at radius 2 is 1.86 bits per heavy atom. The summed E-state index contributed by atoms with van der Waals surface area (Å²) in [5.74, 6) is -0.782. The number of amides is 2. The van der Waals surface area contributed by atoms with Crippen molar-refractivity contribution in [2.24, 2.45) is 0 Å². The van der Waals surface area contributed by atoms with Crippen LogP contribution in [0, 0.1) is 0 Å². The van der Waals surface area contributed by atoms with Gasteiger partial charge in [0.1, 0.15) is 0 Å². The van der Waals surface area contributed by atoms with Crippen LogP contribution in [-0.4, -0.2) is 11.8 Å². The first kappa shape index (κ1) is 10.2. The van der Waals surface area contributed by atoms with Gasteiger partial charge < -0.3 is 0 Å². The van der Waals surface area contributed by atoms with Crippen molar-refractivity contribution < 1.29 is 9.59 Å². The molecule has 0 aliphatic carbocycles. The maximum absolute atomic E-state index is 11.4. The molecule has 0 unspecified atom stereocenters. The smallest absolute Gasteiger partial charge is 0.258 e. The van der Waals surface area contributed by atoms with Gasteiger partial charge in [-0.05, 0) is 25.1 Å². The van der Waals surface area contributed by atoms with Crippen molar-refractivity contribution in [2.45, 2.75) is 6.92 Å². The molecule has 1 N–H and O–H groups in total. The van der Waals surface area contributed by atoms with E-state index in [-0.39, 0.29) is 5.91 Å². The van der Waals surface area contributed by atoms with Gasteiger partial charge in [0.15, 0.2) is 0 Å². The summed E-state index contributed by atoms with van der Waals surface area (Å²) in [5, 5.41) is 2.23. The van der Waals surface area contributed by atoms with Gasteiger partial charge in [-0.3, -0.25) is 14.9 Å². The van der Waals surface area contributed by atoms with E-state index >= 15 is 0 Å². The summed E-state index contributed by atoms with van der Waals surface area (Å²) < 4.78 is 0. The Bertz CT molecular complexity index is 355. The highest BCUT2D eigenvalue weighted by Crippen LogP contribution is 1.97. The van der Waals surface area contributed by atoms with E-state index in [2.05, 4.69) is 5.32 Å². The van der Waals surface area contributed by atoms with Gasteiger partial charge in [-0.15, -0.1) is 0 Å². The summed E-state index contributed by atoms with van der Waals surface area (Å²) >= 11 is 0. The SMILES string of the molecule is C/C=C/C(=O)NC(=O)c1ccccc1. The van der Waals surface area contributed by atoms with Gasteiger partial charge in [0.25, 0.3) is 5.91 Å². The summed E-state index contributed by atoms with van der Waals surface area (Å²) in [6.07, 6.45) is 2.88. The second-order valence-electron chi connectivity index (χ2n) is 2.68. The summed E-state index contributed by atoms with van der Waals surface area (Å²) in [6.45, 7) is 1.71. The highest BCUT2D eigenvalue weighted by Gasteiger charge is 2.06. The zero-order valence-corrected chi connectivity index (χ0v) is 7.86. The fourth-order valence-corrected chi connectivity index (χ4v) is 0.967. The third-order valence-electron chi connectivity index (χ3n) is 1.59. The molecule has 0 radical (unpaired) electrons. The van der Waals surface area contributed by atoms with Crippen LogP contribution in [0.4, 0.5) is 0 Å². The summed E-state index contributed by atoms with van der Waals surface area (Å²) in [7, 11) is 0. The molecule has 0 heterocycles. The maximum atomic E-state index is 11.4. The largest absolute Gasteiger partial charge is 0.289 e. The molecule has 0 spiro atoms. The molecule has 2 amide bonds. The molecule has 14 heavy (non-hydrogen) atoms. The monoisotopic (exact) mass is 189 g/mol. The fourth-order valence-electron chi connectivity index (χ4n) is 0.967. The molecular weight excluding hydrogens is 178 g/mol. The Balaban J connectivity index is 2.64. The minimum absolute atomic E-state index is 0.381. The lowest BCUT2D eigenvalue weighted by molar-refractivity contribution is -0.115. The minimum Gasteiger partial charge on any atom is -0.289 e. The quantitative estimate of drug-likeness (QED) is 0.717. The predicted octanol–water partition coefficient (Wildman–Crippen LogP) is 1.52. The van der Waals surface area contributed by atoms with Crippen molar-refractivity contribution in [3.8, 4) is 0 Å². The number of hydrogen-bond acceptors (Lipinski definition) is 2. The normalized spacial score (nSPS) is 10.1. The number of hydrogen-bond donors (Lipinski definition) is 1. The van der Waals surface area contributed by atoms with E-state index < -0.39 is 5.91 Å². The Hall–Kier alpha value is -1.90. The zero-order chi connectivity index (χ0) is 10.4. The molecule has 0 saturated heterocycles. The van der Waals surface area contributed by atoms with Crippen molar-refractivity contribution in [3.63, 3.8) is 0 Å². The van der Waals surface area contributed by atoms with Gasteiger partial charge in [-0.2, -0.15) is 0 Å². The summed E-state index contributed by atoms with van der Waals surface area (Å²) in [6, 6.07) is 8.60. The minimum atomic E-state index is -0.402. The van der Waals surface area contributed by atoms with Crippen LogP contribution in [0.2, 0.25) is 0 Å². The van der Waals surface area contributed by atoms with E-state index in [1.165, 1.54) is 6.08 Å². The standard InChI is InChI=1S/C11H11NO2/c1-2-6-10(13)12-11(14)9-7-4-3-5-8-9/h2-8H,1H3,(H,12,13,14)/b6-2+. The number of rotatable bonds is 2. The van der Waals surface area contributed by atoms with E-state index in [0.29, 0.717) is 5.56 Å². The van der Waals surface area contributed by atoms with E-state index in [0.717, 1.165) is 0 Å². The van der Waals surface area contributed by atoms with Gasteiger partial charge in [0, 0.05) is 5.56 Å². The Kier molecular flexibility index (Phi) is 3.61. The molecular formula is C11H11NO2. The average Bonchev–Trinajstić information content (AvgIpc) is 2.19. The highest BCUT2D eigenvalue weighted by atomic mass is 16.2. The summed E-state index contributed by atoms with van der Waals surface area (Å²) in [4.78, 5) is 22.4. The lowest BCUT2D eigenvalue weighted by atomic mass is 10.2. The lowest BCUT2D eigenvalue weighted by Crippen LogP contribution is -2.28. The number of carbonyl (C=O) groups is 2. The molecule has 0 atom stereocenters. The van der Waals surface area contributed by atoms with Crippen LogP contribution >= 0.6 is 0 Å². The molecule has 3 nitrogen and oxygen atoms in total. The van der Waals surface area contributed by atoms with Crippen molar-refractivity contribution in [2.75, 3.05) is 0 Å². The van der Waals surface area contributed by atoms with Crippen LogP contribution < -0.4 is 5.32 Å². The second kappa shape index (κ2) is 4.97. The van der Waals surface area contributed by atoms with Crippen molar-refractivity contribution in [1.82, 2.24) is 5.32 Å². The van der Waals surface area contributed by atoms with Crippen LogP contribution in [0.5, 0.6) is 0 Å². The topological polar surface area (TPSA) is 46.2 Å². The maximum Gasteiger partial charge on any atom is 0.258 e. The van der Waals surface area contributed by atoms with Crippen molar-refractivity contribution in [3.05, 3.63) is 48.0 Å². The van der Waals surface area contributed by atoms with Crippen molar-refractivity contribution in [1.29, 1.82) is 0 Å². The number of allylic oxidation sites excluding steroid dienone is 1. The van der Waals surface area contributed by atoms with E-state index in [1.807, 2.05) is 6.07 Å². The molecule has 1 aromatic rings. The Morgan fingerprint density at radius 3 is 2.43 bits per heavy atom. The lowest BCUT2D eigenvalue weighted by Gasteiger charge is -1.99. The third-order valence-corrected chi connectivity index (χ3v) is 1.59. The molecule has 1 rings (SSSR count). The molecule has 0 bridgehead atoms. The molecule has 0 fully saturated rings. The first-order valence-electron chi connectivity index (χ1n) is 4.27. The molecule has 1 aromatic carbocycles. The average molecular weight is 189 g/mol. The van der Waals surface area contributed by atoms with E-state index in [4.69, 9.17) is 0 Å². The number of nitrogens with one attached hydrogen (secondary N) is 1. The predicted molar refractivity (Wildman–Crippen MR) is 53.7 cm³/mol. The zero-order valence-electron chi connectivity index (χ0n) is 7.86. The van der Waals surface area contributed by atoms with Crippen LogP contribution in [0.3, 0.4) is 0 Å². The number of imide groups is 1. The van der Waals surface area contributed by atoms with Gasteiger partial charge >= 0.3 is 0 Å². The molecule has 0 aliphatic heterocycles. The second-order valence-corrected chi connectivity index (χ2v) is 2.68. The Morgan fingerprint density at radius 1 is 1.21 bits per heavy atom. The number of carbonyl (C=O) groups excluding carboxylic acids is 2. The van der Waals surface area contributed by atoms with E-state index in [1.54, 1.807) is 37.3 Å². The van der Waals surface area contributed by atoms with Crippen LogP contribution in [0.15, 0.2) is 42.5 Å². The van der Waals surface area contributed by atoms with Crippen LogP contribution in [0.1, 0.15) is 17.3 Å². The molecule has 0 aliphatic rings. The molecule has 0 saturated carbocycles.